The van der Waals surface area contributed by atoms with E-state index >= 15 is 0 Å². The van der Waals surface area contributed by atoms with Crippen LogP contribution in [-0.4, -0.2) is 51.5 Å². The number of carboxylic acid groups (broad SMARTS) is 1. The van der Waals surface area contributed by atoms with E-state index in [9.17, 15) is 14.7 Å². The Bertz CT molecular complexity index is 322. The molecular formula is C11H19NO5. The molecule has 17 heavy (non-hydrogen) atoms. The minimum Gasteiger partial charge on any atom is -0.479 e. The number of aliphatic hydroxyl groups is 1. The standard InChI is InChI=1S/C11H19NO5/c1-10(2,3)17-9(15)12-6-4-5-11(16,7-12)8(13)14/h16H,4-7H2,1-3H3,(H,13,14). The van der Waals surface area contributed by atoms with Crippen LogP contribution >= 0.6 is 0 Å². The van der Waals surface area contributed by atoms with Crippen LogP contribution < -0.4 is 0 Å². The van der Waals surface area contributed by atoms with Crippen LogP contribution in [0.25, 0.3) is 0 Å². The lowest BCUT2D eigenvalue weighted by atomic mass is 9.93. The SMILES string of the molecule is CC(C)(C)OC(=O)N1CCCC(O)(C(=O)O)C1. The lowest BCUT2D eigenvalue weighted by Gasteiger charge is -2.36. The van der Waals surface area contributed by atoms with E-state index in [2.05, 4.69) is 0 Å². The van der Waals surface area contributed by atoms with Crippen molar-refractivity contribution >= 4 is 12.1 Å². The first kappa shape index (κ1) is 13.8. The van der Waals surface area contributed by atoms with Gasteiger partial charge in [-0.1, -0.05) is 0 Å². The third-order valence-corrected chi connectivity index (χ3v) is 2.52. The zero-order valence-electron chi connectivity index (χ0n) is 10.4. The quantitative estimate of drug-likeness (QED) is 0.714. The fourth-order valence-corrected chi connectivity index (χ4v) is 1.69. The normalized spacial score (nSPS) is 25.5. The second-order valence-corrected chi connectivity index (χ2v) is 5.34. The summed E-state index contributed by atoms with van der Waals surface area (Å²) in [6.45, 7) is 5.39. The van der Waals surface area contributed by atoms with Gasteiger partial charge in [-0.05, 0) is 33.6 Å². The molecule has 0 aliphatic carbocycles. The lowest BCUT2D eigenvalue weighted by Crippen LogP contribution is -2.55. The van der Waals surface area contributed by atoms with Gasteiger partial charge in [-0.3, -0.25) is 0 Å². The molecule has 0 saturated carbocycles. The third-order valence-electron chi connectivity index (χ3n) is 2.52. The molecule has 1 atom stereocenters. The van der Waals surface area contributed by atoms with Gasteiger partial charge in [0.2, 0.25) is 0 Å². The molecule has 6 heteroatoms. The molecule has 1 fully saturated rings. The van der Waals surface area contributed by atoms with Gasteiger partial charge in [-0.25, -0.2) is 9.59 Å². The van der Waals surface area contributed by atoms with Gasteiger partial charge in [0, 0.05) is 6.54 Å². The molecule has 0 aromatic rings. The van der Waals surface area contributed by atoms with E-state index in [0.29, 0.717) is 13.0 Å². The zero-order valence-corrected chi connectivity index (χ0v) is 10.4. The van der Waals surface area contributed by atoms with E-state index in [0.717, 1.165) is 0 Å². The third kappa shape index (κ3) is 3.59. The minimum atomic E-state index is -1.85. The summed E-state index contributed by atoms with van der Waals surface area (Å²) in [5.74, 6) is -1.30. The zero-order chi connectivity index (χ0) is 13.3. The monoisotopic (exact) mass is 245 g/mol. The molecule has 0 aromatic carbocycles. The summed E-state index contributed by atoms with van der Waals surface area (Å²) in [4.78, 5) is 23.9. The van der Waals surface area contributed by atoms with Crippen LogP contribution in [0.3, 0.4) is 0 Å². The topological polar surface area (TPSA) is 87.1 Å². The van der Waals surface area contributed by atoms with Crippen LogP contribution in [0.1, 0.15) is 33.6 Å². The summed E-state index contributed by atoms with van der Waals surface area (Å²) in [7, 11) is 0. The first-order valence-electron chi connectivity index (χ1n) is 5.58. The molecule has 2 N–H and O–H groups in total. The van der Waals surface area contributed by atoms with Gasteiger partial charge in [0.15, 0.2) is 5.60 Å². The van der Waals surface area contributed by atoms with Crippen LogP contribution in [0.2, 0.25) is 0 Å². The van der Waals surface area contributed by atoms with Crippen molar-refractivity contribution in [1.29, 1.82) is 0 Å². The molecule has 1 rings (SSSR count). The Morgan fingerprint density at radius 3 is 2.41 bits per heavy atom. The Morgan fingerprint density at radius 1 is 1.35 bits per heavy atom. The number of β-amino-alcohol motifs (C(OH)–C–C–N with tert-alkyl or cyclic N) is 1. The fourth-order valence-electron chi connectivity index (χ4n) is 1.69. The van der Waals surface area contributed by atoms with E-state index in [1.54, 1.807) is 20.8 Å². The number of carbonyl (C=O) groups excluding carboxylic acids is 1. The molecule has 1 heterocycles. The van der Waals surface area contributed by atoms with Crippen LogP contribution in [-0.2, 0) is 9.53 Å². The molecule has 0 aromatic heterocycles. The number of aliphatic carboxylic acids is 1. The predicted molar refractivity (Wildman–Crippen MR) is 59.6 cm³/mol. The Hall–Kier alpha value is -1.30. The van der Waals surface area contributed by atoms with Gasteiger partial charge in [0.1, 0.15) is 5.60 Å². The molecular weight excluding hydrogens is 226 g/mol. The molecule has 0 radical (unpaired) electrons. The number of amides is 1. The fraction of sp³-hybridized carbons (Fsp3) is 0.818. The number of nitrogens with zero attached hydrogens (tertiary/aromatic N) is 1. The Balaban J connectivity index is 2.67. The molecule has 0 spiro atoms. The summed E-state index contributed by atoms with van der Waals surface area (Å²) in [6, 6.07) is 0. The minimum absolute atomic E-state index is 0.154. The van der Waals surface area contributed by atoms with Crippen LogP contribution in [0.5, 0.6) is 0 Å². The van der Waals surface area contributed by atoms with Gasteiger partial charge in [0.05, 0.1) is 6.54 Å². The maximum absolute atomic E-state index is 11.7. The highest BCUT2D eigenvalue weighted by Gasteiger charge is 2.42. The van der Waals surface area contributed by atoms with E-state index < -0.39 is 23.3 Å². The van der Waals surface area contributed by atoms with Crippen molar-refractivity contribution in [3.05, 3.63) is 0 Å². The number of hydrogen-bond acceptors (Lipinski definition) is 4. The smallest absolute Gasteiger partial charge is 0.410 e. The summed E-state index contributed by atoms with van der Waals surface area (Å²) in [6.07, 6.45) is 0.0146. The van der Waals surface area contributed by atoms with E-state index in [1.807, 2.05) is 0 Å². The molecule has 6 nitrogen and oxygen atoms in total. The van der Waals surface area contributed by atoms with Crippen molar-refractivity contribution in [2.24, 2.45) is 0 Å². The Kier molecular flexibility index (Phi) is 3.66. The van der Waals surface area contributed by atoms with Crippen LogP contribution in [0, 0.1) is 0 Å². The molecule has 1 amide bonds. The number of hydrogen-bond donors (Lipinski definition) is 2. The first-order chi connectivity index (χ1) is 7.64. The largest absolute Gasteiger partial charge is 0.479 e. The molecule has 1 aliphatic heterocycles. The number of piperidine rings is 1. The Labute approximate surface area is 100 Å². The average Bonchev–Trinajstić information content (AvgIpc) is 2.15. The highest BCUT2D eigenvalue weighted by atomic mass is 16.6. The Morgan fingerprint density at radius 2 is 1.94 bits per heavy atom. The van der Waals surface area contributed by atoms with Crippen molar-refractivity contribution in [1.82, 2.24) is 4.90 Å². The number of likely N-dealkylation sites (tertiary alicyclic amines) is 1. The van der Waals surface area contributed by atoms with E-state index in [4.69, 9.17) is 9.84 Å². The molecule has 98 valence electrons. The number of carboxylic acids is 1. The molecule has 1 aliphatic rings. The van der Waals surface area contributed by atoms with Crippen molar-refractivity contribution in [3.8, 4) is 0 Å². The lowest BCUT2D eigenvalue weighted by molar-refractivity contribution is -0.163. The van der Waals surface area contributed by atoms with Gasteiger partial charge in [0.25, 0.3) is 0 Å². The van der Waals surface area contributed by atoms with Gasteiger partial charge in [-0.2, -0.15) is 0 Å². The van der Waals surface area contributed by atoms with Crippen molar-refractivity contribution in [2.75, 3.05) is 13.1 Å². The molecule has 0 bridgehead atoms. The summed E-state index contributed by atoms with van der Waals surface area (Å²) in [5, 5.41) is 18.7. The number of ether oxygens (including phenoxy) is 1. The van der Waals surface area contributed by atoms with Crippen LogP contribution in [0.4, 0.5) is 4.79 Å². The van der Waals surface area contributed by atoms with Gasteiger partial charge >= 0.3 is 12.1 Å². The van der Waals surface area contributed by atoms with Gasteiger partial charge in [-0.15, -0.1) is 0 Å². The highest BCUT2D eigenvalue weighted by molar-refractivity contribution is 5.79. The van der Waals surface area contributed by atoms with Gasteiger partial charge < -0.3 is 19.8 Å². The maximum atomic E-state index is 11.7. The molecule has 1 unspecified atom stereocenters. The summed E-state index contributed by atoms with van der Waals surface area (Å²) < 4.78 is 5.13. The second-order valence-electron chi connectivity index (χ2n) is 5.34. The summed E-state index contributed by atoms with van der Waals surface area (Å²) >= 11 is 0. The highest BCUT2D eigenvalue weighted by Crippen LogP contribution is 2.23. The van der Waals surface area contributed by atoms with E-state index in [1.165, 1.54) is 4.90 Å². The average molecular weight is 245 g/mol. The number of carbonyl (C=O) groups is 2. The van der Waals surface area contributed by atoms with Crippen molar-refractivity contribution in [3.63, 3.8) is 0 Å². The van der Waals surface area contributed by atoms with Crippen LogP contribution in [0.15, 0.2) is 0 Å². The number of rotatable bonds is 1. The van der Waals surface area contributed by atoms with E-state index in [-0.39, 0.29) is 13.0 Å². The van der Waals surface area contributed by atoms with Crippen molar-refractivity contribution in [2.45, 2.75) is 44.8 Å². The first-order valence-corrected chi connectivity index (χ1v) is 5.58. The second kappa shape index (κ2) is 4.52. The predicted octanol–water partition coefficient (Wildman–Crippen LogP) is 0.833. The van der Waals surface area contributed by atoms with Crippen molar-refractivity contribution < 1.29 is 24.5 Å². The summed E-state index contributed by atoms with van der Waals surface area (Å²) in [5.41, 5.74) is -2.48. The maximum Gasteiger partial charge on any atom is 0.410 e. The molecule has 1 saturated heterocycles.